The summed E-state index contributed by atoms with van der Waals surface area (Å²) >= 11 is 0. The van der Waals surface area contributed by atoms with Crippen LogP contribution in [0.15, 0.2) is 24.4 Å². The Morgan fingerprint density at radius 2 is 2.24 bits per heavy atom. The van der Waals surface area contributed by atoms with E-state index < -0.39 is 0 Å². The van der Waals surface area contributed by atoms with Crippen LogP contribution in [0, 0.1) is 5.41 Å². The van der Waals surface area contributed by atoms with E-state index in [2.05, 4.69) is 24.1 Å². The van der Waals surface area contributed by atoms with Crippen LogP contribution in [-0.4, -0.2) is 31.2 Å². The van der Waals surface area contributed by atoms with Gasteiger partial charge in [-0.3, -0.25) is 9.78 Å². The molecule has 0 aliphatic carbocycles. The van der Waals surface area contributed by atoms with Crippen LogP contribution in [0.5, 0.6) is 0 Å². The molecule has 0 bridgehead atoms. The Morgan fingerprint density at radius 1 is 1.47 bits per heavy atom. The molecule has 1 amide bonds. The van der Waals surface area contributed by atoms with E-state index in [-0.39, 0.29) is 11.3 Å². The van der Waals surface area contributed by atoms with E-state index >= 15 is 0 Å². The van der Waals surface area contributed by atoms with Gasteiger partial charge in [-0.05, 0) is 12.1 Å². The molecule has 0 saturated heterocycles. The summed E-state index contributed by atoms with van der Waals surface area (Å²) in [5.41, 5.74) is 0.740. The lowest BCUT2D eigenvalue weighted by atomic mass is 9.95. The second-order valence-corrected chi connectivity index (χ2v) is 4.87. The Labute approximate surface area is 102 Å². The highest BCUT2D eigenvalue weighted by atomic mass is 16.5. The van der Waals surface area contributed by atoms with Crippen LogP contribution >= 0.6 is 0 Å². The van der Waals surface area contributed by atoms with Gasteiger partial charge in [-0.15, -0.1) is 0 Å². The lowest BCUT2D eigenvalue weighted by Gasteiger charge is -2.23. The van der Waals surface area contributed by atoms with Gasteiger partial charge < -0.3 is 10.1 Å². The fraction of sp³-hybridized carbons (Fsp3) is 0.538. The van der Waals surface area contributed by atoms with Gasteiger partial charge in [-0.1, -0.05) is 19.9 Å². The molecule has 1 rings (SSSR count). The van der Waals surface area contributed by atoms with E-state index in [0.717, 1.165) is 5.69 Å². The molecule has 0 aliphatic rings. The lowest BCUT2D eigenvalue weighted by molar-refractivity contribution is -0.121. The first kappa shape index (κ1) is 13.6. The first-order chi connectivity index (χ1) is 8.03. The number of aromatic nitrogens is 1. The zero-order chi connectivity index (χ0) is 12.7. The van der Waals surface area contributed by atoms with Crippen LogP contribution in [0.3, 0.4) is 0 Å². The molecule has 0 saturated carbocycles. The molecule has 0 atom stereocenters. The molecular formula is C13H20N2O2. The fourth-order valence-electron chi connectivity index (χ4n) is 1.51. The second kappa shape index (κ2) is 6.35. The molecule has 1 heterocycles. The lowest BCUT2D eigenvalue weighted by Crippen LogP contribution is -2.37. The molecule has 0 unspecified atom stereocenters. The van der Waals surface area contributed by atoms with Crippen LogP contribution in [-0.2, 0) is 16.0 Å². The molecule has 1 aromatic heterocycles. The number of carbonyl (C=O) groups is 1. The Balaban J connectivity index is 2.36. The van der Waals surface area contributed by atoms with Crippen LogP contribution < -0.4 is 5.32 Å². The summed E-state index contributed by atoms with van der Waals surface area (Å²) < 4.78 is 5.09. The summed E-state index contributed by atoms with van der Waals surface area (Å²) in [6.07, 6.45) is 2.02. The highest BCUT2D eigenvalue weighted by molar-refractivity contribution is 5.78. The van der Waals surface area contributed by atoms with E-state index in [1.807, 2.05) is 18.2 Å². The van der Waals surface area contributed by atoms with E-state index in [4.69, 9.17) is 4.74 Å². The third kappa shape index (κ3) is 5.45. The van der Waals surface area contributed by atoms with Gasteiger partial charge in [-0.2, -0.15) is 0 Å². The van der Waals surface area contributed by atoms with Crippen molar-refractivity contribution in [1.29, 1.82) is 0 Å². The van der Waals surface area contributed by atoms with Crippen LogP contribution in [0.25, 0.3) is 0 Å². The molecule has 94 valence electrons. The summed E-state index contributed by atoms with van der Waals surface area (Å²) in [4.78, 5) is 15.8. The molecule has 4 nitrogen and oxygen atoms in total. The van der Waals surface area contributed by atoms with Gasteiger partial charge in [0.05, 0.1) is 13.0 Å². The van der Waals surface area contributed by atoms with Crippen molar-refractivity contribution in [3.8, 4) is 0 Å². The van der Waals surface area contributed by atoms with Crippen molar-refractivity contribution in [3.63, 3.8) is 0 Å². The maximum Gasteiger partial charge on any atom is 0.226 e. The van der Waals surface area contributed by atoms with Crippen molar-refractivity contribution in [2.75, 3.05) is 20.3 Å². The number of rotatable bonds is 6. The zero-order valence-electron chi connectivity index (χ0n) is 10.7. The number of hydrogen-bond acceptors (Lipinski definition) is 3. The van der Waals surface area contributed by atoms with Crippen molar-refractivity contribution >= 4 is 5.91 Å². The molecule has 0 aromatic carbocycles. The topological polar surface area (TPSA) is 51.2 Å². The highest BCUT2D eigenvalue weighted by Crippen LogP contribution is 2.13. The predicted molar refractivity (Wildman–Crippen MR) is 66.6 cm³/mol. The molecule has 17 heavy (non-hydrogen) atoms. The summed E-state index contributed by atoms with van der Waals surface area (Å²) in [6, 6.07) is 5.56. The van der Waals surface area contributed by atoms with Crippen molar-refractivity contribution in [2.24, 2.45) is 5.41 Å². The minimum Gasteiger partial charge on any atom is -0.384 e. The Bertz CT molecular complexity index is 350. The number of carbonyl (C=O) groups excluding carboxylic acids is 1. The summed E-state index contributed by atoms with van der Waals surface area (Å²) in [5, 5.41) is 2.90. The van der Waals surface area contributed by atoms with Crippen molar-refractivity contribution < 1.29 is 9.53 Å². The Kier molecular flexibility index (Phi) is 5.10. The van der Waals surface area contributed by atoms with Gasteiger partial charge in [0.25, 0.3) is 0 Å². The normalized spacial score (nSPS) is 11.2. The predicted octanol–water partition coefficient (Wildman–Crippen LogP) is 1.41. The van der Waals surface area contributed by atoms with Gasteiger partial charge in [-0.25, -0.2) is 0 Å². The highest BCUT2D eigenvalue weighted by Gasteiger charge is 2.18. The third-order valence-electron chi connectivity index (χ3n) is 2.37. The third-order valence-corrected chi connectivity index (χ3v) is 2.37. The molecule has 1 N–H and O–H groups in total. The maximum absolute atomic E-state index is 11.7. The summed E-state index contributed by atoms with van der Waals surface area (Å²) in [5.74, 6) is -0.00659. The standard InChI is InChI=1S/C13H20N2O2/c1-13(2,10-17-3)9-15-12(16)8-11-6-4-5-7-14-11/h4-7H,8-10H2,1-3H3,(H,15,16). The molecule has 0 spiro atoms. The molecule has 0 fully saturated rings. The van der Waals surface area contributed by atoms with Gasteiger partial charge in [0.15, 0.2) is 0 Å². The monoisotopic (exact) mass is 236 g/mol. The molecule has 0 radical (unpaired) electrons. The fourth-order valence-corrected chi connectivity index (χ4v) is 1.51. The number of hydrogen-bond donors (Lipinski definition) is 1. The number of pyridine rings is 1. The van der Waals surface area contributed by atoms with Crippen LogP contribution in [0.1, 0.15) is 19.5 Å². The van der Waals surface area contributed by atoms with Crippen LogP contribution in [0.2, 0.25) is 0 Å². The van der Waals surface area contributed by atoms with Crippen molar-refractivity contribution in [1.82, 2.24) is 10.3 Å². The number of ether oxygens (including phenoxy) is 1. The second-order valence-electron chi connectivity index (χ2n) is 4.87. The first-order valence-corrected chi connectivity index (χ1v) is 5.69. The number of methoxy groups -OCH3 is 1. The molecule has 0 aliphatic heterocycles. The molecule has 1 aromatic rings. The smallest absolute Gasteiger partial charge is 0.226 e. The van der Waals surface area contributed by atoms with Crippen LogP contribution in [0.4, 0.5) is 0 Å². The SMILES string of the molecule is COCC(C)(C)CNC(=O)Cc1ccccn1. The summed E-state index contributed by atoms with van der Waals surface area (Å²) in [7, 11) is 1.66. The van der Waals surface area contributed by atoms with Gasteiger partial charge in [0.2, 0.25) is 5.91 Å². The van der Waals surface area contributed by atoms with Gasteiger partial charge >= 0.3 is 0 Å². The van der Waals surface area contributed by atoms with Crippen molar-refractivity contribution in [3.05, 3.63) is 30.1 Å². The van der Waals surface area contributed by atoms with E-state index in [1.54, 1.807) is 13.3 Å². The number of amides is 1. The van der Waals surface area contributed by atoms with E-state index in [0.29, 0.717) is 19.6 Å². The van der Waals surface area contributed by atoms with E-state index in [1.165, 1.54) is 0 Å². The minimum absolute atomic E-state index is 0.00659. The minimum atomic E-state index is -0.0471. The summed E-state index contributed by atoms with van der Waals surface area (Å²) in [6.45, 7) is 5.33. The number of nitrogens with one attached hydrogen (secondary N) is 1. The largest absolute Gasteiger partial charge is 0.384 e. The average Bonchev–Trinajstić information content (AvgIpc) is 2.28. The van der Waals surface area contributed by atoms with Gasteiger partial charge in [0.1, 0.15) is 0 Å². The molecular weight excluding hydrogens is 216 g/mol. The van der Waals surface area contributed by atoms with Gasteiger partial charge in [0, 0.05) is 31.0 Å². The first-order valence-electron chi connectivity index (χ1n) is 5.69. The number of nitrogens with zero attached hydrogens (tertiary/aromatic N) is 1. The average molecular weight is 236 g/mol. The Hall–Kier alpha value is -1.42. The Morgan fingerprint density at radius 3 is 2.82 bits per heavy atom. The van der Waals surface area contributed by atoms with E-state index in [9.17, 15) is 4.79 Å². The van der Waals surface area contributed by atoms with Crippen molar-refractivity contribution in [2.45, 2.75) is 20.3 Å². The maximum atomic E-state index is 11.7. The zero-order valence-corrected chi connectivity index (χ0v) is 10.7. The quantitative estimate of drug-likeness (QED) is 0.812. The molecule has 4 heteroatoms.